The third kappa shape index (κ3) is 1.96. The average Bonchev–Trinajstić information content (AvgIpc) is 2.86. The number of carbonyl (C=O) groups is 1. The standard InChI is InChI=1S/C13H20N2O2/c1-12(2,3)15-9-10(8-14-15)13(11(16)17)6-4-5-7-13/h8-9H,4-7H2,1-3H3,(H,16,17). The van der Waals surface area contributed by atoms with Crippen LogP contribution in [-0.4, -0.2) is 20.9 Å². The molecule has 1 aromatic heterocycles. The minimum atomic E-state index is -0.705. The Labute approximate surface area is 102 Å². The van der Waals surface area contributed by atoms with Gasteiger partial charge in [-0.25, -0.2) is 0 Å². The lowest BCUT2D eigenvalue weighted by Crippen LogP contribution is -2.32. The van der Waals surface area contributed by atoms with Gasteiger partial charge in [0.15, 0.2) is 0 Å². The molecule has 4 nitrogen and oxygen atoms in total. The highest BCUT2D eigenvalue weighted by Gasteiger charge is 2.44. The van der Waals surface area contributed by atoms with Crippen molar-refractivity contribution in [3.8, 4) is 0 Å². The zero-order valence-corrected chi connectivity index (χ0v) is 10.7. The fourth-order valence-electron chi connectivity index (χ4n) is 2.54. The molecule has 1 heterocycles. The van der Waals surface area contributed by atoms with E-state index in [9.17, 15) is 9.90 Å². The highest BCUT2D eigenvalue weighted by Crippen LogP contribution is 2.41. The molecule has 0 atom stereocenters. The Kier molecular flexibility index (Phi) is 2.76. The highest BCUT2D eigenvalue weighted by atomic mass is 16.4. The Morgan fingerprint density at radius 3 is 2.41 bits per heavy atom. The molecule has 0 spiro atoms. The van der Waals surface area contributed by atoms with Crippen molar-refractivity contribution in [2.24, 2.45) is 0 Å². The second-order valence-electron chi connectivity index (χ2n) is 5.94. The fraction of sp³-hybridized carbons (Fsp3) is 0.692. The second-order valence-corrected chi connectivity index (χ2v) is 5.94. The summed E-state index contributed by atoms with van der Waals surface area (Å²) in [5, 5.41) is 13.8. The second kappa shape index (κ2) is 3.86. The lowest BCUT2D eigenvalue weighted by Gasteiger charge is -2.23. The summed E-state index contributed by atoms with van der Waals surface area (Å²) in [5.74, 6) is -0.705. The number of carboxylic acid groups (broad SMARTS) is 1. The molecule has 0 aliphatic heterocycles. The van der Waals surface area contributed by atoms with Gasteiger partial charge in [0.05, 0.1) is 17.2 Å². The van der Waals surface area contributed by atoms with Gasteiger partial charge in [-0.15, -0.1) is 0 Å². The Balaban J connectivity index is 2.39. The fourth-order valence-corrected chi connectivity index (χ4v) is 2.54. The van der Waals surface area contributed by atoms with Crippen LogP contribution in [0.3, 0.4) is 0 Å². The first kappa shape index (κ1) is 12.1. The third-order valence-corrected chi connectivity index (χ3v) is 3.69. The van der Waals surface area contributed by atoms with Gasteiger partial charge in [-0.3, -0.25) is 9.48 Å². The minimum Gasteiger partial charge on any atom is -0.481 e. The van der Waals surface area contributed by atoms with Gasteiger partial charge >= 0.3 is 5.97 Å². The molecule has 0 bridgehead atoms. The summed E-state index contributed by atoms with van der Waals surface area (Å²) in [7, 11) is 0. The van der Waals surface area contributed by atoms with E-state index in [0.717, 1.165) is 31.2 Å². The van der Waals surface area contributed by atoms with Gasteiger partial charge in [-0.05, 0) is 33.6 Å². The predicted octanol–water partition coefficient (Wildman–Crippen LogP) is 2.53. The molecule has 4 heteroatoms. The maximum atomic E-state index is 11.5. The largest absolute Gasteiger partial charge is 0.481 e. The summed E-state index contributed by atoms with van der Waals surface area (Å²) in [5.41, 5.74) is 0.0671. The minimum absolute atomic E-state index is 0.101. The van der Waals surface area contributed by atoms with Crippen LogP contribution < -0.4 is 0 Å². The van der Waals surface area contributed by atoms with Crippen LogP contribution in [0.4, 0.5) is 0 Å². The Hall–Kier alpha value is -1.32. The van der Waals surface area contributed by atoms with Crippen molar-refractivity contribution < 1.29 is 9.90 Å². The SMILES string of the molecule is CC(C)(C)n1cc(C2(C(=O)O)CCCC2)cn1. The molecular weight excluding hydrogens is 216 g/mol. The van der Waals surface area contributed by atoms with Gasteiger partial charge in [-0.1, -0.05) is 12.8 Å². The van der Waals surface area contributed by atoms with Crippen LogP contribution in [0.1, 0.15) is 52.0 Å². The summed E-state index contributed by atoms with van der Waals surface area (Å²) in [6.45, 7) is 6.18. The first-order valence-corrected chi connectivity index (χ1v) is 6.15. The smallest absolute Gasteiger partial charge is 0.314 e. The van der Waals surface area contributed by atoms with E-state index in [1.54, 1.807) is 6.20 Å². The van der Waals surface area contributed by atoms with Crippen molar-refractivity contribution in [1.29, 1.82) is 0 Å². The normalized spacial score (nSPS) is 19.5. The lowest BCUT2D eigenvalue weighted by molar-refractivity contribution is -0.143. The third-order valence-electron chi connectivity index (χ3n) is 3.69. The Morgan fingerprint density at radius 1 is 1.41 bits per heavy atom. The Morgan fingerprint density at radius 2 is 2.00 bits per heavy atom. The molecule has 0 amide bonds. The Bertz CT molecular complexity index is 423. The van der Waals surface area contributed by atoms with E-state index < -0.39 is 11.4 Å². The molecular formula is C13H20N2O2. The molecule has 94 valence electrons. The van der Waals surface area contributed by atoms with Crippen molar-refractivity contribution >= 4 is 5.97 Å². The highest BCUT2D eigenvalue weighted by molar-refractivity contribution is 5.81. The number of nitrogens with zero attached hydrogens (tertiary/aromatic N) is 2. The topological polar surface area (TPSA) is 55.1 Å². The molecule has 1 saturated carbocycles. The van der Waals surface area contributed by atoms with E-state index in [1.807, 2.05) is 10.9 Å². The number of carboxylic acids is 1. The lowest BCUT2D eigenvalue weighted by atomic mass is 9.81. The van der Waals surface area contributed by atoms with Crippen LogP contribution in [-0.2, 0) is 15.7 Å². The molecule has 1 fully saturated rings. The number of rotatable bonds is 2. The summed E-state index contributed by atoms with van der Waals surface area (Å²) < 4.78 is 1.85. The van der Waals surface area contributed by atoms with Crippen LogP contribution in [0.2, 0.25) is 0 Å². The maximum absolute atomic E-state index is 11.5. The van der Waals surface area contributed by atoms with Crippen molar-refractivity contribution in [2.45, 2.75) is 57.4 Å². The van der Waals surface area contributed by atoms with Gasteiger partial charge in [0, 0.05) is 11.8 Å². The summed E-state index contributed by atoms with van der Waals surface area (Å²) >= 11 is 0. The predicted molar refractivity (Wildman–Crippen MR) is 65.0 cm³/mol. The number of aromatic nitrogens is 2. The van der Waals surface area contributed by atoms with E-state index in [2.05, 4.69) is 25.9 Å². The van der Waals surface area contributed by atoms with Crippen molar-refractivity contribution in [3.05, 3.63) is 18.0 Å². The molecule has 0 saturated heterocycles. The molecule has 1 aromatic rings. The van der Waals surface area contributed by atoms with Gasteiger partial charge in [-0.2, -0.15) is 5.10 Å². The van der Waals surface area contributed by atoms with Crippen molar-refractivity contribution in [1.82, 2.24) is 9.78 Å². The van der Waals surface area contributed by atoms with Crippen LogP contribution in [0.15, 0.2) is 12.4 Å². The summed E-state index contributed by atoms with van der Waals surface area (Å²) in [6.07, 6.45) is 7.08. The first-order chi connectivity index (χ1) is 7.86. The number of hydrogen-bond donors (Lipinski definition) is 1. The molecule has 2 rings (SSSR count). The molecule has 1 aliphatic rings. The van der Waals surface area contributed by atoms with Gasteiger partial charge < -0.3 is 5.11 Å². The van der Waals surface area contributed by atoms with Crippen LogP contribution >= 0.6 is 0 Å². The summed E-state index contributed by atoms with van der Waals surface area (Å²) in [4.78, 5) is 11.5. The first-order valence-electron chi connectivity index (χ1n) is 6.15. The van der Waals surface area contributed by atoms with Gasteiger partial charge in [0.1, 0.15) is 0 Å². The molecule has 17 heavy (non-hydrogen) atoms. The molecule has 1 N–H and O–H groups in total. The van der Waals surface area contributed by atoms with E-state index in [0.29, 0.717) is 0 Å². The molecule has 0 unspecified atom stereocenters. The molecule has 0 radical (unpaired) electrons. The average molecular weight is 236 g/mol. The van der Waals surface area contributed by atoms with E-state index in [4.69, 9.17) is 0 Å². The van der Waals surface area contributed by atoms with Crippen LogP contribution in [0.25, 0.3) is 0 Å². The van der Waals surface area contributed by atoms with Gasteiger partial charge in [0.25, 0.3) is 0 Å². The number of hydrogen-bond acceptors (Lipinski definition) is 2. The molecule has 1 aliphatic carbocycles. The van der Waals surface area contributed by atoms with Crippen molar-refractivity contribution in [2.75, 3.05) is 0 Å². The van der Waals surface area contributed by atoms with Crippen molar-refractivity contribution in [3.63, 3.8) is 0 Å². The zero-order chi connectivity index (χ0) is 12.7. The summed E-state index contributed by atoms with van der Waals surface area (Å²) in [6, 6.07) is 0. The monoisotopic (exact) mass is 236 g/mol. The van der Waals surface area contributed by atoms with E-state index in [1.165, 1.54) is 0 Å². The van der Waals surface area contributed by atoms with Gasteiger partial charge in [0.2, 0.25) is 0 Å². The zero-order valence-electron chi connectivity index (χ0n) is 10.7. The molecule has 0 aromatic carbocycles. The van der Waals surface area contributed by atoms with E-state index >= 15 is 0 Å². The number of aliphatic carboxylic acids is 1. The van der Waals surface area contributed by atoms with Crippen LogP contribution in [0, 0.1) is 0 Å². The van der Waals surface area contributed by atoms with Crippen LogP contribution in [0.5, 0.6) is 0 Å². The quantitative estimate of drug-likeness (QED) is 0.858. The maximum Gasteiger partial charge on any atom is 0.314 e. The van der Waals surface area contributed by atoms with E-state index in [-0.39, 0.29) is 5.54 Å².